The van der Waals surface area contributed by atoms with E-state index < -0.39 is 6.04 Å². The molecule has 0 unspecified atom stereocenters. The van der Waals surface area contributed by atoms with Crippen LogP contribution in [0, 0.1) is 5.92 Å². The third kappa shape index (κ3) is 4.77. The summed E-state index contributed by atoms with van der Waals surface area (Å²) >= 11 is 11.9. The Morgan fingerprint density at radius 3 is 2.43 bits per heavy atom. The van der Waals surface area contributed by atoms with Crippen LogP contribution in [0.2, 0.25) is 10.0 Å². The van der Waals surface area contributed by atoms with E-state index in [1.807, 2.05) is 4.90 Å². The van der Waals surface area contributed by atoms with Gasteiger partial charge >= 0.3 is 0 Å². The molecule has 1 fully saturated rings. The lowest BCUT2D eigenvalue weighted by molar-refractivity contribution is -0.133. The molecule has 0 aliphatic carbocycles. The van der Waals surface area contributed by atoms with Gasteiger partial charge in [-0.15, -0.1) is 0 Å². The summed E-state index contributed by atoms with van der Waals surface area (Å²) in [5.41, 5.74) is 5.62. The van der Waals surface area contributed by atoms with Crippen molar-refractivity contribution in [2.45, 2.75) is 25.8 Å². The lowest BCUT2D eigenvalue weighted by Crippen LogP contribution is -2.46. The van der Waals surface area contributed by atoms with Crippen molar-refractivity contribution in [1.82, 2.24) is 4.90 Å². The van der Waals surface area contributed by atoms with Gasteiger partial charge in [0, 0.05) is 23.1 Å². The van der Waals surface area contributed by atoms with Crippen LogP contribution in [0.15, 0.2) is 18.2 Å². The molecule has 1 aromatic rings. The first-order valence-corrected chi connectivity index (χ1v) is 7.84. The molecule has 0 radical (unpaired) electrons. The average Bonchev–Trinajstić information content (AvgIpc) is 2.44. The summed E-state index contributed by atoms with van der Waals surface area (Å²) in [5.74, 6) is 1.14. The highest BCUT2D eigenvalue weighted by Gasteiger charge is 2.24. The molecule has 2 N–H and O–H groups in total. The molecule has 4 nitrogen and oxygen atoms in total. The second kappa shape index (κ2) is 7.34. The number of rotatable bonds is 4. The van der Waals surface area contributed by atoms with Gasteiger partial charge in [0.15, 0.2) is 0 Å². The monoisotopic (exact) mass is 330 g/mol. The maximum Gasteiger partial charge on any atom is 0.239 e. The Labute approximate surface area is 135 Å². The second-order valence-electron chi connectivity index (χ2n) is 5.47. The van der Waals surface area contributed by atoms with Gasteiger partial charge in [-0.05, 0) is 43.9 Å². The number of nitrogens with two attached hydrogens (primary N) is 1. The Morgan fingerprint density at radius 2 is 1.90 bits per heavy atom. The normalized spacial score (nSPS) is 17.6. The minimum Gasteiger partial charge on any atom is -0.493 e. The predicted octanol–water partition coefficient (Wildman–Crippen LogP) is 2.96. The number of likely N-dealkylation sites (tertiary alicyclic amines) is 1. The number of carbonyl (C=O) groups excluding carboxylic acids is 1. The number of benzene rings is 1. The van der Waals surface area contributed by atoms with E-state index in [1.54, 1.807) is 25.1 Å². The Bertz CT molecular complexity index is 480. The summed E-state index contributed by atoms with van der Waals surface area (Å²) in [4.78, 5) is 13.6. The molecule has 1 heterocycles. The van der Waals surface area contributed by atoms with E-state index in [2.05, 4.69) is 0 Å². The Morgan fingerprint density at radius 1 is 1.33 bits per heavy atom. The fourth-order valence-corrected chi connectivity index (χ4v) is 2.94. The highest BCUT2D eigenvalue weighted by Crippen LogP contribution is 2.26. The molecule has 0 bridgehead atoms. The molecule has 0 saturated carbocycles. The standard InChI is InChI=1S/C15H20Cl2N2O2/c1-10(18)15(20)19-4-2-11(3-5-19)9-21-14-7-12(16)6-13(17)8-14/h6-8,10-11H,2-5,9,18H2,1H3/t10-/m1/s1. The fraction of sp³-hybridized carbons (Fsp3) is 0.533. The van der Waals surface area contributed by atoms with Gasteiger partial charge in [-0.2, -0.15) is 0 Å². The first-order chi connectivity index (χ1) is 9.95. The summed E-state index contributed by atoms with van der Waals surface area (Å²) in [5, 5.41) is 1.13. The van der Waals surface area contributed by atoms with Crippen LogP contribution < -0.4 is 10.5 Å². The molecule has 0 spiro atoms. The van der Waals surface area contributed by atoms with Crippen molar-refractivity contribution < 1.29 is 9.53 Å². The van der Waals surface area contributed by atoms with Gasteiger partial charge < -0.3 is 15.4 Å². The molecular weight excluding hydrogens is 311 g/mol. The molecule has 2 rings (SSSR count). The van der Waals surface area contributed by atoms with Crippen LogP contribution >= 0.6 is 23.2 Å². The number of ether oxygens (including phenoxy) is 1. The lowest BCUT2D eigenvalue weighted by atomic mass is 9.97. The lowest BCUT2D eigenvalue weighted by Gasteiger charge is -2.32. The maximum absolute atomic E-state index is 11.8. The topological polar surface area (TPSA) is 55.6 Å². The molecule has 1 atom stereocenters. The molecule has 6 heteroatoms. The highest BCUT2D eigenvalue weighted by atomic mass is 35.5. The van der Waals surface area contributed by atoms with E-state index in [0.717, 1.165) is 25.9 Å². The summed E-state index contributed by atoms with van der Waals surface area (Å²) in [6.45, 7) is 3.81. The number of amides is 1. The number of hydrogen-bond acceptors (Lipinski definition) is 3. The molecule has 1 aliphatic rings. The first-order valence-electron chi connectivity index (χ1n) is 7.09. The van der Waals surface area contributed by atoms with Crippen molar-refractivity contribution in [1.29, 1.82) is 0 Å². The predicted molar refractivity (Wildman–Crippen MR) is 84.9 cm³/mol. The zero-order chi connectivity index (χ0) is 15.4. The van der Waals surface area contributed by atoms with E-state index >= 15 is 0 Å². The number of nitrogens with zero attached hydrogens (tertiary/aromatic N) is 1. The fourth-order valence-electron chi connectivity index (χ4n) is 2.43. The van der Waals surface area contributed by atoms with Crippen LogP contribution in [0.1, 0.15) is 19.8 Å². The van der Waals surface area contributed by atoms with Crippen molar-refractivity contribution in [2.24, 2.45) is 11.7 Å². The van der Waals surface area contributed by atoms with Crippen LogP contribution in [0.5, 0.6) is 5.75 Å². The van der Waals surface area contributed by atoms with Gasteiger partial charge in [0.1, 0.15) is 5.75 Å². The SMILES string of the molecule is C[C@@H](N)C(=O)N1CCC(COc2cc(Cl)cc(Cl)c2)CC1. The quantitative estimate of drug-likeness (QED) is 0.923. The molecule has 1 aromatic carbocycles. The Balaban J connectivity index is 1.80. The summed E-state index contributed by atoms with van der Waals surface area (Å²) in [6, 6.07) is 4.75. The van der Waals surface area contributed by atoms with Crippen molar-refractivity contribution in [3.8, 4) is 5.75 Å². The highest BCUT2D eigenvalue weighted by molar-refractivity contribution is 6.34. The van der Waals surface area contributed by atoms with E-state index in [0.29, 0.717) is 28.3 Å². The van der Waals surface area contributed by atoms with Gasteiger partial charge in [-0.25, -0.2) is 0 Å². The number of hydrogen-bond donors (Lipinski definition) is 1. The van der Waals surface area contributed by atoms with Gasteiger partial charge in [0.2, 0.25) is 5.91 Å². The minimum atomic E-state index is -0.425. The zero-order valence-corrected chi connectivity index (χ0v) is 13.5. The maximum atomic E-state index is 11.8. The molecule has 1 aliphatic heterocycles. The summed E-state index contributed by atoms with van der Waals surface area (Å²) < 4.78 is 5.75. The van der Waals surface area contributed by atoms with Gasteiger partial charge in [-0.3, -0.25) is 4.79 Å². The number of halogens is 2. The van der Waals surface area contributed by atoms with Crippen LogP contribution in [0.25, 0.3) is 0 Å². The van der Waals surface area contributed by atoms with Crippen LogP contribution in [0.4, 0.5) is 0 Å². The number of carbonyl (C=O) groups is 1. The van der Waals surface area contributed by atoms with Crippen LogP contribution in [0.3, 0.4) is 0 Å². The largest absolute Gasteiger partial charge is 0.493 e. The molecule has 1 saturated heterocycles. The van der Waals surface area contributed by atoms with Gasteiger partial charge in [0.25, 0.3) is 0 Å². The molecule has 21 heavy (non-hydrogen) atoms. The molecule has 1 amide bonds. The number of piperidine rings is 1. The van der Waals surface area contributed by atoms with E-state index in [4.69, 9.17) is 33.7 Å². The van der Waals surface area contributed by atoms with Crippen molar-refractivity contribution in [3.05, 3.63) is 28.2 Å². The van der Waals surface area contributed by atoms with Gasteiger partial charge in [-0.1, -0.05) is 23.2 Å². The zero-order valence-electron chi connectivity index (χ0n) is 12.0. The van der Waals surface area contributed by atoms with E-state index in [9.17, 15) is 4.79 Å². The molecule has 116 valence electrons. The Hall–Kier alpha value is -0.970. The van der Waals surface area contributed by atoms with Crippen LogP contribution in [-0.2, 0) is 4.79 Å². The first kappa shape index (κ1) is 16.4. The third-order valence-corrected chi connectivity index (χ3v) is 4.07. The second-order valence-corrected chi connectivity index (χ2v) is 6.35. The summed E-state index contributed by atoms with van der Waals surface area (Å²) in [7, 11) is 0. The van der Waals surface area contributed by atoms with E-state index in [1.165, 1.54) is 0 Å². The van der Waals surface area contributed by atoms with Gasteiger partial charge in [0.05, 0.1) is 12.6 Å². The third-order valence-electron chi connectivity index (χ3n) is 3.64. The van der Waals surface area contributed by atoms with Crippen molar-refractivity contribution in [3.63, 3.8) is 0 Å². The molecular formula is C15H20Cl2N2O2. The Kier molecular flexibility index (Phi) is 5.73. The summed E-state index contributed by atoms with van der Waals surface area (Å²) in [6.07, 6.45) is 1.85. The van der Waals surface area contributed by atoms with Crippen LogP contribution in [-0.4, -0.2) is 36.5 Å². The van der Waals surface area contributed by atoms with Crippen molar-refractivity contribution >= 4 is 29.1 Å². The average molecular weight is 331 g/mol. The molecule has 0 aromatic heterocycles. The van der Waals surface area contributed by atoms with Crippen molar-refractivity contribution in [2.75, 3.05) is 19.7 Å². The smallest absolute Gasteiger partial charge is 0.239 e. The minimum absolute atomic E-state index is 0.0241. The van der Waals surface area contributed by atoms with E-state index in [-0.39, 0.29) is 5.91 Å².